The lowest BCUT2D eigenvalue weighted by molar-refractivity contribution is -0.0857. The number of benzene rings is 1. The van der Waals surface area contributed by atoms with Crippen LogP contribution < -0.4 is 9.64 Å². The van der Waals surface area contributed by atoms with Crippen molar-refractivity contribution in [3.63, 3.8) is 0 Å². The Labute approximate surface area is 238 Å². The molecule has 0 amide bonds. The molecule has 4 aliphatic heterocycles. The zero-order valence-corrected chi connectivity index (χ0v) is 24.3. The van der Waals surface area contributed by atoms with Crippen LogP contribution in [0.2, 0.25) is 0 Å². The highest BCUT2D eigenvalue weighted by molar-refractivity contribution is 9.10. The second-order valence-electron chi connectivity index (χ2n) is 12.8. The largest absolute Gasteiger partial charge is 0.461 e. The molecule has 2 aromatic rings. The van der Waals surface area contributed by atoms with E-state index in [1.165, 1.54) is 11.1 Å². The predicted molar refractivity (Wildman–Crippen MR) is 150 cm³/mol. The summed E-state index contributed by atoms with van der Waals surface area (Å²) in [4.78, 5) is 14.4. The highest BCUT2D eigenvalue weighted by Gasteiger charge is 2.50. The van der Waals surface area contributed by atoms with Gasteiger partial charge in [0.05, 0.1) is 29.0 Å². The molecule has 0 radical (unpaired) electrons. The Hall–Kier alpha value is -1.81. The van der Waals surface area contributed by atoms with E-state index in [1.807, 2.05) is 6.92 Å². The lowest BCUT2D eigenvalue weighted by atomic mass is 9.75. The van der Waals surface area contributed by atoms with E-state index in [4.69, 9.17) is 19.4 Å². The summed E-state index contributed by atoms with van der Waals surface area (Å²) in [5.74, 6) is 0.811. The molecule has 39 heavy (non-hydrogen) atoms. The zero-order chi connectivity index (χ0) is 26.8. The molecule has 9 heteroatoms. The summed E-state index contributed by atoms with van der Waals surface area (Å²) in [5.41, 5.74) is 3.10. The average Bonchev–Trinajstić information content (AvgIpc) is 3.42. The molecule has 3 saturated heterocycles. The van der Waals surface area contributed by atoms with Crippen LogP contribution >= 0.6 is 15.9 Å². The molecule has 5 heterocycles. The van der Waals surface area contributed by atoms with Crippen LogP contribution in [0.25, 0.3) is 0 Å². The van der Waals surface area contributed by atoms with Crippen LogP contribution in [0.4, 0.5) is 10.2 Å². The van der Waals surface area contributed by atoms with Crippen molar-refractivity contribution < 1.29 is 19.0 Å². The predicted octanol–water partition coefficient (Wildman–Crippen LogP) is 4.85. The van der Waals surface area contributed by atoms with Crippen molar-refractivity contribution in [1.82, 2.24) is 14.9 Å². The minimum Gasteiger partial charge on any atom is -0.461 e. The lowest BCUT2D eigenvalue weighted by Gasteiger charge is -2.44. The standard InChI is InChI=1S/C30H38BrFN4O3/c1-28(37)8-3-11-35(18-28)26-23-17-39-30(10-2-5-20-6-7-21(31)13-24(20)30)15-25(23)33-27(34-26)38-19-29-9-4-12-36(29)16-22(32)14-29/h6-7,13,22,37H,2-5,8-12,14-19H2,1H3/t22-,28-,29+,30?/m1/s1. The van der Waals surface area contributed by atoms with Crippen LogP contribution in [0.3, 0.4) is 0 Å². The normalized spacial score (nSPS) is 34.2. The van der Waals surface area contributed by atoms with Gasteiger partial charge in [0.2, 0.25) is 0 Å². The Balaban J connectivity index is 1.25. The van der Waals surface area contributed by atoms with E-state index in [0.717, 1.165) is 79.6 Å². The molecule has 1 aliphatic carbocycles. The van der Waals surface area contributed by atoms with Crippen molar-refractivity contribution in [1.29, 1.82) is 0 Å². The number of β-amino-alcohol motifs (C(OH)–C–C–N with tert-alkyl or cyclic N) is 1. The Morgan fingerprint density at radius 1 is 1.18 bits per heavy atom. The van der Waals surface area contributed by atoms with Gasteiger partial charge in [0, 0.05) is 42.5 Å². The topological polar surface area (TPSA) is 71.0 Å². The van der Waals surface area contributed by atoms with Crippen LogP contribution in [-0.4, -0.2) is 70.1 Å². The molecule has 1 aromatic carbocycles. The maximum atomic E-state index is 14.4. The second-order valence-corrected chi connectivity index (χ2v) is 13.7. The van der Waals surface area contributed by atoms with Gasteiger partial charge < -0.3 is 19.5 Å². The van der Waals surface area contributed by atoms with Crippen LogP contribution in [0, 0.1) is 0 Å². The fraction of sp³-hybridized carbons (Fsp3) is 0.667. The molecule has 210 valence electrons. The quantitative estimate of drug-likeness (QED) is 0.538. The number of hydrogen-bond donors (Lipinski definition) is 1. The highest BCUT2D eigenvalue weighted by atomic mass is 79.9. The molecule has 0 saturated carbocycles. The number of nitrogens with zero attached hydrogens (tertiary/aromatic N) is 4. The minimum absolute atomic E-state index is 0.257. The summed E-state index contributed by atoms with van der Waals surface area (Å²) >= 11 is 3.67. The van der Waals surface area contributed by atoms with Gasteiger partial charge in [0.25, 0.3) is 0 Å². The van der Waals surface area contributed by atoms with Crippen LogP contribution in [0.1, 0.15) is 74.3 Å². The van der Waals surface area contributed by atoms with Crippen molar-refractivity contribution in [3.8, 4) is 6.01 Å². The number of alkyl halides is 1. The van der Waals surface area contributed by atoms with Crippen molar-refractivity contribution in [2.45, 2.75) is 94.2 Å². The maximum absolute atomic E-state index is 14.4. The van der Waals surface area contributed by atoms with Gasteiger partial charge in [-0.3, -0.25) is 4.90 Å². The first-order valence-corrected chi connectivity index (χ1v) is 15.4. The molecule has 7 nitrogen and oxygen atoms in total. The minimum atomic E-state index is -0.799. The molecule has 1 aromatic heterocycles. The molecule has 7 rings (SSSR count). The smallest absolute Gasteiger partial charge is 0.318 e. The van der Waals surface area contributed by atoms with E-state index in [-0.39, 0.29) is 5.54 Å². The van der Waals surface area contributed by atoms with Crippen molar-refractivity contribution in [3.05, 3.63) is 45.1 Å². The van der Waals surface area contributed by atoms with E-state index in [0.29, 0.717) is 45.2 Å². The molecule has 1 N–H and O–H groups in total. The van der Waals surface area contributed by atoms with E-state index in [2.05, 4.69) is 43.9 Å². The third kappa shape index (κ3) is 4.67. The first-order chi connectivity index (χ1) is 18.7. The SMILES string of the molecule is C[C@@]1(O)CCCN(c2nc(OC[C@@]34CCCN3C[C@H](F)C4)nc3c2COC2(CCCc4ccc(Br)cc42)C3)C1. The molecular formula is C30H38BrFN4O3. The van der Waals surface area contributed by atoms with E-state index in [9.17, 15) is 9.50 Å². The third-order valence-electron chi connectivity index (χ3n) is 9.79. The Kier molecular flexibility index (Phi) is 6.45. The van der Waals surface area contributed by atoms with Gasteiger partial charge in [-0.25, -0.2) is 4.39 Å². The van der Waals surface area contributed by atoms with Gasteiger partial charge in [-0.15, -0.1) is 0 Å². The molecule has 3 fully saturated rings. The number of aromatic nitrogens is 2. The van der Waals surface area contributed by atoms with Crippen LogP contribution in [0.15, 0.2) is 22.7 Å². The number of aliphatic hydroxyl groups is 1. The van der Waals surface area contributed by atoms with Gasteiger partial charge in [-0.2, -0.15) is 9.97 Å². The highest BCUT2D eigenvalue weighted by Crippen LogP contribution is 2.47. The second kappa shape index (κ2) is 9.64. The van der Waals surface area contributed by atoms with Gasteiger partial charge in [-0.1, -0.05) is 22.0 Å². The summed E-state index contributed by atoms with van der Waals surface area (Å²) in [6, 6.07) is 6.89. The number of piperidine rings is 1. The van der Waals surface area contributed by atoms with E-state index in [1.54, 1.807) is 0 Å². The number of aryl methyl sites for hydroxylation is 1. The van der Waals surface area contributed by atoms with Gasteiger partial charge in [0.15, 0.2) is 0 Å². The Morgan fingerprint density at radius 3 is 2.92 bits per heavy atom. The number of ether oxygens (including phenoxy) is 2. The van der Waals surface area contributed by atoms with E-state index >= 15 is 0 Å². The fourth-order valence-corrected chi connectivity index (χ4v) is 8.28. The summed E-state index contributed by atoms with van der Waals surface area (Å²) < 4.78 is 28.6. The van der Waals surface area contributed by atoms with Gasteiger partial charge in [-0.05, 0) is 81.7 Å². The maximum Gasteiger partial charge on any atom is 0.318 e. The number of anilines is 1. The molecule has 0 bridgehead atoms. The van der Waals surface area contributed by atoms with Crippen molar-refractivity contribution >= 4 is 21.7 Å². The first-order valence-electron chi connectivity index (χ1n) is 14.6. The zero-order valence-electron chi connectivity index (χ0n) is 22.7. The summed E-state index contributed by atoms with van der Waals surface area (Å²) in [6.45, 7) is 5.49. The fourth-order valence-electron chi connectivity index (χ4n) is 7.92. The van der Waals surface area contributed by atoms with E-state index < -0.39 is 17.4 Å². The van der Waals surface area contributed by atoms with Gasteiger partial charge in [0.1, 0.15) is 18.6 Å². The average molecular weight is 602 g/mol. The molecule has 1 spiro atoms. The molecular weight excluding hydrogens is 563 g/mol. The van der Waals surface area contributed by atoms with Crippen molar-refractivity contribution in [2.75, 3.05) is 37.7 Å². The lowest BCUT2D eigenvalue weighted by Crippen LogP contribution is -2.47. The number of hydrogen-bond acceptors (Lipinski definition) is 7. The Morgan fingerprint density at radius 2 is 2.05 bits per heavy atom. The van der Waals surface area contributed by atoms with Crippen LogP contribution in [-0.2, 0) is 29.8 Å². The van der Waals surface area contributed by atoms with Gasteiger partial charge >= 0.3 is 6.01 Å². The first kappa shape index (κ1) is 26.1. The van der Waals surface area contributed by atoms with Crippen molar-refractivity contribution in [2.24, 2.45) is 0 Å². The number of fused-ring (bicyclic) bond motifs is 4. The summed E-state index contributed by atoms with van der Waals surface area (Å²) in [7, 11) is 0. The third-order valence-corrected chi connectivity index (χ3v) is 10.3. The molecule has 5 aliphatic rings. The summed E-state index contributed by atoms with van der Waals surface area (Å²) in [5, 5.41) is 10.9. The monoisotopic (exact) mass is 600 g/mol. The summed E-state index contributed by atoms with van der Waals surface area (Å²) in [6.07, 6.45) is 7.13. The Bertz CT molecular complexity index is 1280. The number of halogens is 2. The van der Waals surface area contributed by atoms with Crippen LogP contribution in [0.5, 0.6) is 6.01 Å². The molecule has 4 atom stereocenters. The number of rotatable bonds is 4. The molecule has 1 unspecified atom stereocenters.